The summed E-state index contributed by atoms with van der Waals surface area (Å²) in [5, 5.41) is 12.9. The topological polar surface area (TPSA) is 24.6 Å². The molecular weight excluding hydrogens is 1790 g/mol. The highest BCUT2D eigenvalue weighted by atomic mass is 15.0. The van der Waals surface area contributed by atoms with Crippen molar-refractivity contribution in [3.8, 4) is 61.8 Å². The predicted octanol–water partition coefficient (Wildman–Crippen LogP) is 40.5. The molecule has 0 saturated carbocycles. The number of aromatic nitrogens is 5. The van der Waals surface area contributed by atoms with E-state index in [1.54, 1.807) is 6.92 Å². The zero-order chi connectivity index (χ0) is 109. The molecule has 0 bridgehead atoms. The molecule has 0 unspecified atom stereocenters. The van der Waals surface area contributed by atoms with Gasteiger partial charge in [-0.3, -0.25) is 0 Å². The van der Waals surface area contributed by atoms with E-state index in [2.05, 4.69) is 546 Å². The van der Waals surface area contributed by atoms with E-state index in [0.717, 1.165) is 27.8 Å². The van der Waals surface area contributed by atoms with Crippen LogP contribution in [0.3, 0.4) is 0 Å². The third-order valence-corrected chi connectivity index (χ3v) is 30.2. The molecule has 0 fully saturated rings. The van der Waals surface area contributed by atoms with Gasteiger partial charge in [0.15, 0.2) is 0 Å². The SMILES string of the molecule is CC(C)(C)c1c(-c2ccccc2)cccc1-n1c2ccccc2c2ccccc21.CC(C)(C)c1ccc2c(c1)c1cc(C(C)(C)C)ccc1n2-c1cccc(-c2ccccc2)c1C(C)(C)C.CC(C)(C)c1ccc2c(c1)c1cc(C(C)(C)C)ccc1n2-c1cccc(-n2c3ccc(C(C)(C)C)cc3c3cc(C(C)(C)C)ccc32)c1C(C)(C)C.[2H]c1c([2H])c(C)c([2H])c(-c2cccc(-n3c4ccccc4c4ccccc43)c2C(C)(C)C)c1[2H]. The first-order chi connectivity index (χ1) is 71.4. The molecule has 0 aliphatic heterocycles. The monoisotopic (exact) mass is 1940 g/mol. The minimum absolute atomic E-state index is 0.00571. The zero-order valence-electron chi connectivity index (χ0n) is 97.6. The van der Waals surface area contributed by atoms with Gasteiger partial charge in [0.05, 0.1) is 89.1 Å². The van der Waals surface area contributed by atoms with Gasteiger partial charge in [-0.2, -0.15) is 0 Å². The number of hydrogen-bond acceptors (Lipinski definition) is 0. The normalized spacial score (nSPS) is 13.2. The first-order valence-electron chi connectivity index (χ1n) is 55.4. The molecule has 750 valence electrons. The fourth-order valence-electron chi connectivity index (χ4n) is 22.7. The van der Waals surface area contributed by atoms with E-state index in [1.165, 1.54) is 193 Å². The molecule has 0 atom stereocenters. The second-order valence-electron chi connectivity index (χ2n) is 51.6. The van der Waals surface area contributed by atoms with Gasteiger partial charge in [0, 0.05) is 59.4 Å². The van der Waals surface area contributed by atoms with E-state index in [9.17, 15) is 0 Å². The molecule has 0 aliphatic rings. The van der Waals surface area contributed by atoms with Gasteiger partial charge in [-0.1, -0.05) is 450 Å². The first-order valence-corrected chi connectivity index (χ1v) is 53.4. The highest BCUT2D eigenvalue weighted by Gasteiger charge is 2.35. The fourth-order valence-corrected chi connectivity index (χ4v) is 22.7. The van der Waals surface area contributed by atoms with Crippen molar-refractivity contribution in [1.29, 1.82) is 0 Å². The minimum Gasteiger partial charge on any atom is -0.309 e. The van der Waals surface area contributed by atoms with Crippen LogP contribution in [0.5, 0.6) is 0 Å². The summed E-state index contributed by atoms with van der Waals surface area (Å²) in [5.74, 6) is 0. The highest BCUT2D eigenvalue weighted by Crippen LogP contribution is 2.51. The summed E-state index contributed by atoms with van der Waals surface area (Å²) < 4.78 is 46.3. The Morgan fingerprint density at radius 2 is 0.365 bits per heavy atom. The molecule has 0 amide bonds. The maximum Gasteiger partial charge on any atom is 0.0632 e. The molecule has 148 heavy (non-hydrogen) atoms. The molecule has 5 nitrogen and oxygen atoms in total. The van der Waals surface area contributed by atoms with E-state index in [-0.39, 0.29) is 78.3 Å². The Kier molecular flexibility index (Phi) is 24.8. The van der Waals surface area contributed by atoms with Gasteiger partial charge >= 0.3 is 0 Å². The van der Waals surface area contributed by atoms with Crippen LogP contribution in [0.2, 0.25) is 0 Å². The van der Waals surface area contributed by atoms with Gasteiger partial charge in [0.25, 0.3) is 0 Å². The Balaban J connectivity index is 0.000000130. The van der Waals surface area contributed by atoms with E-state index in [4.69, 9.17) is 5.48 Å². The van der Waals surface area contributed by atoms with Crippen molar-refractivity contribution in [2.45, 2.75) is 269 Å². The van der Waals surface area contributed by atoms with Crippen LogP contribution in [0.1, 0.15) is 274 Å². The van der Waals surface area contributed by atoms with Crippen molar-refractivity contribution in [2.75, 3.05) is 0 Å². The summed E-state index contributed by atoms with van der Waals surface area (Å²) in [7, 11) is 0. The maximum atomic E-state index is 8.79. The lowest BCUT2D eigenvalue weighted by molar-refractivity contribution is 0.584. The second kappa shape index (κ2) is 37.8. The number of nitrogens with zero attached hydrogens (tertiary/aromatic N) is 5. The van der Waals surface area contributed by atoms with Gasteiger partial charge in [-0.15, -0.1) is 0 Å². The quantitative estimate of drug-likeness (QED) is 0.145. The molecule has 0 radical (unpaired) electrons. The summed E-state index contributed by atoms with van der Waals surface area (Å²) in [5.41, 5.74) is 38.2. The van der Waals surface area contributed by atoms with Crippen LogP contribution < -0.4 is 0 Å². The molecule has 0 saturated heterocycles. The van der Waals surface area contributed by atoms with Crippen LogP contribution >= 0.6 is 0 Å². The van der Waals surface area contributed by atoms with Gasteiger partial charge in [-0.05, 0) is 272 Å². The standard InChI is InChI=1S/C50H60N2.C36H41N.C29H27N.C28H25N/c1-46(2,3)31-19-23-39-35(27-31)36-28-32(47(4,5)6)20-24-40(36)51(39)43-17-16-18-44(45(43)50(13,14)15)52-41-25-21-33(48(7,8)9)29-37(41)38-30-34(49(10,11)12)22-26-42(38)52;1-34(2,3)25-18-20-30-28(22-25)29-23-26(35(4,5)6)19-21-31(29)37(30)32-17-13-16-27(33(32)36(7,8)9)24-14-11-10-12-15-24;1-20-11-9-12-21(19-20)22-15-10-18-27(28(22)29(2,3)4)30-25-16-7-5-13-23(25)24-14-6-8-17-26(24)30;1-28(2,3)27-21(20-12-5-4-6-13-20)16-11-19-26(27)29-24-17-9-7-14-22(24)23-15-8-10-18-25(23)29/h16-30H,1-15H3;10-23H,1-9H3;5-19H,1-4H3;4-19H,1-3H3/i;;9D,11D,12D,19D;. The third-order valence-electron chi connectivity index (χ3n) is 30.2. The fraction of sp³-hybridized carbons (Fsp3) is 0.287. The smallest absolute Gasteiger partial charge is 0.0632 e. The van der Waals surface area contributed by atoms with Gasteiger partial charge < -0.3 is 22.8 Å². The van der Waals surface area contributed by atoms with Crippen molar-refractivity contribution in [3.05, 3.63) is 425 Å². The lowest BCUT2D eigenvalue weighted by atomic mass is 9.80. The van der Waals surface area contributed by atoms with Crippen molar-refractivity contribution in [1.82, 2.24) is 22.8 Å². The van der Waals surface area contributed by atoms with Crippen molar-refractivity contribution < 1.29 is 5.48 Å². The number of rotatable bonds is 8. The van der Waals surface area contributed by atoms with E-state index in [1.807, 2.05) is 24.3 Å². The Morgan fingerprint density at radius 3 is 0.588 bits per heavy atom. The molecule has 5 heteroatoms. The van der Waals surface area contributed by atoms with E-state index in [0.29, 0.717) is 11.1 Å². The third kappa shape index (κ3) is 19.3. The minimum atomic E-state index is -0.312. The summed E-state index contributed by atoms with van der Waals surface area (Å²) in [6, 6.07) is 125. The highest BCUT2D eigenvalue weighted by molar-refractivity contribution is 6.15. The van der Waals surface area contributed by atoms with Crippen LogP contribution in [0.15, 0.2) is 364 Å². The lowest BCUT2D eigenvalue weighted by Gasteiger charge is -2.29. The summed E-state index contributed by atoms with van der Waals surface area (Å²) in [4.78, 5) is 0. The van der Waals surface area contributed by atoms with E-state index >= 15 is 0 Å². The van der Waals surface area contributed by atoms with E-state index < -0.39 is 0 Å². The Labute approximate surface area is 887 Å². The molecule has 22 rings (SSSR count). The van der Waals surface area contributed by atoms with Gasteiger partial charge in [-0.25, -0.2) is 0 Å². The van der Waals surface area contributed by atoms with Crippen LogP contribution in [-0.4, -0.2) is 22.8 Å². The maximum absolute atomic E-state index is 8.79. The van der Waals surface area contributed by atoms with Crippen LogP contribution in [0.25, 0.3) is 171 Å². The average molecular weight is 1950 g/mol. The van der Waals surface area contributed by atoms with Gasteiger partial charge in [0.1, 0.15) is 0 Å². The van der Waals surface area contributed by atoms with Crippen molar-refractivity contribution in [2.24, 2.45) is 0 Å². The number of fused-ring (bicyclic) bond motifs is 15. The molecule has 0 spiro atoms. The lowest BCUT2D eigenvalue weighted by Crippen LogP contribution is -2.19. The van der Waals surface area contributed by atoms with Gasteiger partial charge in [0.2, 0.25) is 0 Å². The van der Waals surface area contributed by atoms with Crippen LogP contribution in [-0.2, 0) is 54.1 Å². The second-order valence-corrected chi connectivity index (χ2v) is 51.6. The predicted molar refractivity (Wildman–Crippen MR) is 646 cm³/mol. The summed E-state index contributed by atoms with van der Waals surface area (Å²) in [6.45, 7) is 70.8. The molecular formula is C143H153N5. The molecule has 5 aromatic heterocycles. The number of para-hydroxylation sites is 4. The van der Waals surface area contributed by atoms with Crippen LogP contribution in [0.4, 0.5) is 0 Å². The molecule has 5 heterocycles. The average Bonchev–Trinajstić information content (AvgIpc) is 1.55. The Bertz CT molecular complexity index is 8580. The molecule has 22 aromatic rings. The Hall–Kier alpha value is -14.3. The van der Waals surface area contributed by atoms with Crippen molar-refractivity contribution in [3.63, 3.8) is 0 Å². The number of benzene rings is 17. The summed E-state index contributed by atoms with van der Waals surface area (Å²) in [6.07, 6.45) is 0. The largest absolute Gasteiger partial charge is 0.309 e. The molecule has 0 aliphatic carbocycles. The Morgan fingerprint density at radius 1 is 0.169 bits per heavy atom. The van der Waals surface area contributed by atoms with Crippen molar-refractivity contribution >= 4 is 109 Å². The zero-order valence-corrected chi connectivity index (χ0v) is 93.6. The van der Waals surface area contributed by atoms with Crippen LogP contribution in [0, 0.1) is 6.92 Å². The molecule has 17 aromatic carbocycles. The summed E-state index contributed by atoms with van der Waals surface area (Å²) >= 11 is 0. The number of hydrogen-bond donors (Lipinski definition) is 0. The molecule has 0 N–H and O–H groups in total. The first kappa shape index (κ1) is 97.2.